The van der Waals surface area contributed by atoms with E-state index in [-0.39, 0.29) is 10.8 Å². The third kappa shape index (κ3) is 5.16. The van der Waals surface area contributed by atoms with Gasteiger partial charge in [0.2, 0.25) is 0 Å². The third-order valence-electron chi connectivity index (χ3n) is 4.72. The Kier molecular flexibility index (Phi) is 6.50. The lowest BCUT2D eigenvalue weighted by atomic mass is 10.1. The summed E-state index contributed by atoms with van der Waals surface area (Å²) >= 11 is 0. The Morgan fingerprint density at radius 1 is 0.839 bits per heavy atom. The normalized spacial score (nSPS) is 11.0. The van der Waals surface area contributed by atoms with Crippen LogP contribution in [0.15, 0.2) is 65.6 Å². The molecule has 8 heteroatoms. The number of benzene rings is 3. The number of hydrogen-bond acceptors (Lipinski definition) is 5. The first kappa shape index (κ1) is 22.2. The molecule has 1 amide bonds. The van der Waals surface area contributed by atoms with Gasteiger partial charge in [-0.1, -0.05) is 17.7 Å². The third-order valence-corrected chi connectivity index (χ3v) is 6.10. The van der Waals surface area contributed by atoms with Crippen molar-refractivity contribution < 1.29 is 22.7 Å². The molecule has 0 spiro atoms. The zero-order chi connectivity index (χ0) is 22.6. The molecule has 3 aromatic rings. The van der Waals surface area contributed by atoms with Gasteiger partial charge in [-0.3, -0.25) is 9.52 Å². The molecule has 0 aliphatic heterocycles. The molecule has 0 aromatic heterocycles. The number of sulfonamides is 1. The summed E-state index contributed by atoms with van der Waals surface area (Å²) in [5.74, 6) is 0.724. The second-order valence-electron chi connectivity index (χ2n) is 6.97. The number of carbonyl (C=O) groups is 1. The van der Waals surface area contributed by atoms with Crippen LogP contribution < -0.4 is 19.5 Å². The number of amides is 1. The van der Waals surface area contributed by atoms with Crippen molar-refractivity contribution in [1.82, 2.24) is 0 Å². The van der Waals surface area contributed by atoms with Gasteiger partial charge in [-0.15, -0.1) is 0 Å². The first-order valence-electron chi connectivity index (χ1n) is 9.47. The summed E-state index contributed by atoms with van der Waals surface area (Å²) in [6, 6.07) is 16.4. The number of carbonyl (C=O) groups excluding carboxylic acids is 1. The van der Waals surface area contributed by atoms with Crippen molar-refractivity contribution in [2.75, 3.05) is 24.3 Å². The maximum absolute atomic E-state index is 12.7. The molecule has 0 fully saturated rings. The van der Waals surface area contributed by atoms with Crippen molar-refractivity contribution in [3.63, 3.8) is 0 Å². The lowest BCUT2D eigenvalue weighted by Gasteiger charge is -2.14. The van der Waals surface area contributed by atoms with Gasteiger partial charge >= 0.3 is 0 Å². The predicted molar refractivity (Wildman–Crippen MR) is 121 cm³/mol. The number of ether oxygens (including phenoxy) is 2. The Balaban J connectivity index is 1.79. The van der Waals surface area contributed by atoms with Gasteiger partial charge in [0.15, 0.2) is 0 Å². The van der Waals surface area contributed by atoms with Crippen LogP contribution in [0, 0.1) is 13.8 Å². The summed E-state index contributed by atoms with van der Waals surface area (Å²) in [5, 5.41) is 2.80. The molecule has 3 aromatic carbocycles. The quantitative estimate of drug-likeness (QED) is 0.569. The van der Waals surface area contributed by atoms with E-state index < -0.39 is 10.0 Å². The van der Waals surface area contributed by atoms with Gasteiger partial charge in [-0.05, 0) is 61.9 Å². The lowest BCUT2D eigenvalue weighted by molar-refractivity contribution is 0.102. The van der Waals surface area contributed by atoms with Gasteiger partial charge in [0.1, 0.15) is 11.5 Å². The van der Waals surface area contributed by atoms with Crippen LogP contribution in [0.2, 0.25) is 0 Å². The number of anilines is 2. The van der Waals surface area contributed by atoms with Crippen molar-refractivity contribution in [1.29, 1.82) is 0 Å². The van der Waals surface area contributed by atoms with Crippen LogP contribution in [0.25, 0.3) is 0 Å². The van der Waals surface area contributed by atoms with E-state index in [0.29, 0.717) is 34.0 Å². The molecule has 31 heavy (non-hydrogen) atoms. The average Bonchev–Trinajstić information content (AvgIpc) is 2.75. The zero-order valence-electron chi connectivity index (χ0n) is 17.7. The number of hydrogen-bond donors (Lipinski definition) is 2. The summed E-state index contributed by atoms with van der Waals surface area (Å²) in [6.07, 6.45) is 0. The highest BCUT2D eigenvalue weighted by molar-refractivity contribution is 7.92. The van der Waals surface area contributed by atoms with E-state index >= 15 is 0 Å². The van der Waals surface area contributed by atoms with Crippen LogP contribution in [0.1, 0.15) is 21.5 Å². The molecule has 3 rings (SSSR count). The molecule has 0 saturated heterocycles. The number of nitrogens with one attached hydrogen (secondary N) is 2. The molecular weight excluding hydrogens is 416 g/mol. The zero-order valence-corrected chi connectivity index (χ0v) is 18.5. The Morgan fingerprint density at radius 3 is 2.13 bits per heavy atom. The van der Waals surface area contributed by atoms with Crippen LogP contribution >= 0.6 is 0 Å². The van der Waals surface area contributed by atoms with E-state index in [2.05, 4.69) is 10.0 Å². The SMILES string of the molecule is COc1ccc(NC(=O)c2ccc(NS(=O)(=O)c3ccc(C)cc3)c(C)c2)c(OC)c1. The second kappa shape index (κ2) is 9.09. The summed E-state index contributed by atoms with van der Waals surface area (Å²) in [6.45, 7) is 3.62. The van der Waals surface area contributed by atoms with E-state index in [1.807, 2.05) is 6.92 Å². The van der Waals surface area contributed by atoms with Crippen LogP contribution in [0.3, 0.4) is 0 Å². The monoisotopic (exact) mass is 440 g/mol. The fourth-order valence-corrected chi connectivity index (χ4v) is 4.07. The Morgan fingerprint density at radius 2 is 1.52 bits per heavy atom. The van der Waals surface area contributed by atoms with Crippen molar-refractivity contribution >= 4 is 27.3 Å². The van der Waals surface area contributed by atoms with Crippen LogP contribution in [-0.2, 0) is 10.0 Å². The van der Waals surface area contributed by atoms with Crippen molar-refractivity contribution in [2.24, 2.45) is 0 Å². The molecule has 0 aliphatic carbocycles. The standard InChI is InChI=1S/C23H24N2O5S/c1-15-5-9-19(10-6-15)31(27,28)25-20-11-7-17(13-16(20)2)23(26)24-21-12-8-18(29-3)14-22(21)30-4/h5-14,25H,1-4H3,(H,24,26). The maximum Gasteiger partial charge on any atom is 0.261 e. The Hall–Kier alpha value is -3.52. The Bertz CT molecular complexity index is 1210. The lowest BCUT2D eigenvalue weighted by Crippen LogP contribution is -2.15. The number of methoxy groups -OCH3 is 2. The topological polar surface area (TPSA) is 93.7 Å². The minimum atomic E-state index is -3.73. The van der Waals surface area contributed by atoms with E-state index in [4.69, 9.17) is 9.47 Å². The first-order chi connectivity index (χ1) is 14.7. The molecule has 0 heterocycles. The summed E-state index contributed by atoms with van der Waals surface area (Å²) in [7, 11) is -0.679. The highest BCUT2D eigenvalue weighted by Gasteiger charge is 2.17. The van der Waals surface area contributed by atoms with Gasteiger partial charge in [-0.2, -0.15) is 0 Å². The van der Waals surface area contributed by atoms with Crippen molar-refractivity contribution in [3.05, 3.63) is 77.4 Å². The molecule has 0 bridgehead atoms. The predicted octanol–water partition coefficient (Wildman–Crippen LogP) is 4.37. The highest BCUT2D eigenvalue weighted by atomic mass is 32.2. The van der Waals surface area contributed by atoms with Crippen LogP contribution in [0.5, 0.6) is 11.5 Å². The molecule has 7 nitrogen and oxygen atoms in total. The number of rotatable bonds is 7. The van der Waals surface area contributed by atoms with Gasteiger partial charge < -0.3 is 14.8 Å². The molecule has 0 aliphatic rings. The van der Waals surface area contributed by atoms with E-state index in [1.54, 1.807) is 74.7 Å². The smallest absolute Gasteiger partial charge is 0.261 e. The fraction of sp³-hybridized carbons (Fsp3) is 0.174. The van der Waals surface area contributed by atoms with Crippen molar-refractivity contribution in [3.8, 4) is 11.5 Å². The molecule has 2 N–H and O–H groups in total. The summed E-state index contributed by atoms with van der Waals surface area (Å²) in [4.78, 5) is 12.9. The molecule has 0 saturated carbocycles. The molecule has 162 valence electrons. The van der Waals surface area contributed by atoms with Gasteiger partial charge in [-0.25, -0.2) is 8.42 Å². The van der Waals surface area contributed by atoms with Crippen LogP contribution in [0.4, 0.5) is 11.4 Å². The van der Waals surface area contributed by atoms with Gasteiger partial charge in [0.05, 0.1) is 30.5 Å². The summed E-state index contributed by atoms with van der Waals surface area (Å²) in [5.41, 5.74) is 2.87. The average molecular weight is 441 g/mol. The maximum atomic E-state index is 12.7. The largest absolute Gasteiger partial charge is 0.497 e. The second-order valence-corrected chi connectivity index (χ2v) is 8.65. The van der Waals surface area contributed by atoms with Crippen LogP contribution in [-0.4, -0.2) is 28.5 Å². The fourth-order valence-electron chi connectivity index (χ4n) is 2.94. The molecule has 0 unspecified atom stereocenters. The van der Waals surface area contributed by atoms with Crippen molar-refractivity contribution in [2.45, 2.75) is 18.7 Å². The van der Waals surface area contributed by atoms with E-state index in [9.17, 15) is 13.2 Å². The summed E-state index contributed by atoms with van der Waals surface area (Å²) < 4.78 is 38.3. The Labute approximate surface area is 182 Å². The molecule has 0 radical (unpaired) electrons. The van der Waals surface area contributed by atoms with E-state index in [1.165, 1.54) is 7.11 Å². The molecule has 0 atom stereocenters. The minimum Gasteiger partial charge on any atom is -0.497 e. The minimum absolute atomic E-state index is 0.172. The van der Waals surface area contributed by atoms with E-state index in [0.717, 1.165) is 5.56 Å². The highest BCUT2D eigenvalue weighted by Crippen LogP contribution is 2.30. The molecular formula is C23H24N2O5S. The van der Waals surface area contributed by atoms with Gasteiger partial charge in [0.25, 0.3) is 15.9 Å². The number of aryl methyl sites for hydroxylation is 2. The van der Waals surface area contributed by atoms with Gasteiger partial charge in [0, 0.05) is 11.6 Å². The first-order valence-corrected chi connectivity index (χ1v) is 11.0.